The smallest absolute Gasteiger partial charge is 0.0371 e. The molecular weight excluding hydrogens is 313 g/mol. The van der Waals surface area contributed by atoms with Gasteiger partial charge in [0.15, 0.2) is 0 Å². The first-order valence-electron chi connectivity index (χ1n) is 7.24. The molecule has 1 heterocycles. The molecule has 1 fully saturated rings. The summed E-state index contributed by atoms with van der Waals surface area (Å²) in [6.45, 7) is 0. The summed E-state index contributed by atoms with van der Waals surface area (Å²) in [6.07, 6.45) is 0. The van der Waals surface area contributed by atoms with Crippen molar-refractivity contribution in [1.82, 2.24) is 0 Å². The van der Waals surface area contributed by atoms with Crippen LogP contribution in [0.5, 0.6) is 0 Å². The predicted octanol–water partition coefficient (Wildman–Crippen LogP) is 3.24. The first kappa shape index (κ1) is 17.4. The lowest BCUT2D eigenvalue weighted by atomic mass is 10.9. The molecule has 0 atom stereocenters. The van der Waals surface area contributed by atoms with Crippen molar-refractivity contribution in [3.63, 3.8) is 0 Å². The first-order valence-corrected chi connectivity index (χ1v) is 15.7. The molecule has 0 aromatic heterocycles. The normalized spacial score (nSPS) is 24.0. The molecule has 0 unspecified atom stereocenters. The van der Waals surface area contributed by atoms with Gasteiger partial charge < -0.3 is 0 Å². The van der Waals surface area contributed by atoms with Crippen LogP contribution in [0, 0.1) is 0 Å². The molecule has 0 nitrogen and oxygen atoms in total. The third-order valence-electron chi connectivity index (χ3n) is 2.87. The Kier molecular flexibility index (Phi) is 14.2. The summed E-state index contributed by atoms with van der Waals surface area (Å²) in [4.78, 5) is 0. The van der Waals surface area contributed by atoms with Crippen LogP contribution in [0.3, 0.4) is 0 Å². The molecule has 6 heteroatoms. The average molecular weight is 337 g/mol. The number of rotatable bonds is 0. The molecule has 1 rings (SSSR count). The van der Waals surface area contributed by atoms with Gasteiger partial charge in [-0.2, -0.15) is 0 Å². The van der Waals surface area contributed by atoms with Crippen LogP contribution in [-0.4, -0.2) is 57.1 Å². The van der Waals surface area contributed by atoms with Gasteiger partial charge in [0, 0.05) is 57.1 Å². The monoisotopic (exact) mass is 336 g/mol. The fourth-order valence-corrected chi connectivity index (χ4v) is 11.8. The summed E-state index contributed by atoms with van der Waals surface area (Å²) in [6, 6.07) is 18.6. The lowest BCUT2D eigenvalue weighted by molar-refractivity contribution is 1.25. The quantitative estimate of drug-likeness (QED) is 0.596. The summed E-state index contributed by atoms with van der Waals surface area (Å²) in [5.41, 5.74) is 0. The van der Waals surface area contributed by atoms with Crippen molar-refractivity contribution in [2.75, 3.05) is 0 Å². The van der Waals surface area contributed by atoms with Crippen LogP contribution < -0.4 is 0 Å². The Morgan fingerprint density at radius 1 is 0.222 bits per heavy atom. The Hall–Kier alpha value is 1.30. The van der Waals surface area contributed by atoms with Crippen molar-refractivity contribution >= 4 is 57.1 Å². The summed E-state index contributed by atoms with van der Waals surface area (Å²) >= 11 is 0. The van der Waals surface area contributed by atoms with Gasteiger partial charge in [0.2, 0.25) is 0 Å². The molecule has 0 bridgehead atoms. The largest absolute Gasteiger partial charge is 0.0640 e. The van der Waals surface area contributed by atoms with E-state index in [1.54, 1.807) is 72.5 Å². The zero-order chi connectivity index (χ0) is 12.7. The van der Waals surface area contributed by atoms with E-state index in [4.69, 9.17) is 0 Å². The minimum atomic E-state index is 1.29. The molecule has 18 heavy (non-hydrogen) atoms. The molecule has 0 N–H and O–H groups in total. The second-order valence-corrected chi connectivity index (χ2v) is 13.5. The van der Waals surface area contributed by atoms with Gasteiger partial charge in [0.25, 0.3) is 0 Å². The fourth-order valence-electron chi connectivity index (χ4n) is 1.81. The molecule has 0 aromatic carbocycles. The third-order valence-corrected chi connectivity index (χ3v) is 13.1. The molecule has 1 aliphatic rings. The molecule has 1 saturated heterocycles. The molecule has 0 amide bonds. The topological polar surface area (TPSA) is 0 Å². The maximum absolute atomic E-state index is 1.55. The van der Waals surface area contributed by atoms with Crippen LogP contribution in [0.15, 0.2) is 0 Å². The molecule has 0 spiro atoms. The van der Waals surface area contributed by atoms with E-state index in [0.29, 0.717) is 0 Å². The molecule has 0 aromatic rings. The molecule has 0 saturated carbocycles. The van der Waals surface area contributed by atoms with Crippen molar-refractivity contribution in [2.24, 2.45) is 0 Å². The van der Waals surface area contributed by atoms with Crippen LogP contribution >= 0.6 is 0 Å². The predicted molar refractivity (Wildman–Crippen MR) is 92.2 cm³/mol. The Morgan fingerprint density at radius 2 is 0.333 bits per heavy atom. The van der Waals surface area contributed by atoms with Gasteiger partial charge in [-0.05, 0) is 0 Å². The molecule has 0 aliphatic carbocycles. The summed E-state index contributed by atoms with van der Waals surface area (Å²) in [7, 11) is 7.72. The highest BCUT2D eigenvalue weighted by atomic mass is 28.2. The zero-order valence-electron chi connectivity index (χ0n) is 11.5. The van der Waals surface area contributed by atoms with Crippen molar-refractivity contribution in [3.8, 4) is 0 Å². The Morgan fingerprint density at radius 3 is 0.444 bits per heavy atom. The molecule has 1 aliphatic heterocycles. The first-order chi connectivity index (χ1) is 9.00. The number of hydrogen-bond donors (Lipinski definition) is 0. The van der Waals surface area contributed by atoms with Crippen LogP contribution in [0.4, 0.5) is 0 Å². The van der Waals surface area contributed by atoms with Gasteiger partial charge in [-0.1, -0.05) is 72.5 Å². The van der Waals surface area contributed by atoms with Crippen LogP contribution in [-0.2, 0) is 0 Å². The second kappa shape index (κ2) is 14.7. The SMILES string of the molecule is C1C[Si]CC[Si]CC[Si]CC[Si]CC[Si]CC[Si]1. The minimum Gasteiger partial charge on any atom is -0.0640 e. The van der Waals surface area contributed by atoms with E-state index < -0.39 is 0 Å². The Labute approximate surface area is 129 Å². The summed E-state index contributed by atoms with van der Waals surface area (Å²) in [5, 5.41) is 0. The van der Waals surface area contributed by atoms with Crippen molar-refractivity contribution in [3.05, 3.63) is 0 Å². The Balaban J connectivity index is 2.00. The van der Waals surface area contributed by atoms with Gasteiger partial charge in [-0.15, -0.1) is 0 Å². The lowest BCUT2D eigenvalue weighted by Gasteiger charge is -2.03. The lowest BCUT2D eigenvalue weighted by Crippen LogP contribution is -2.01. The van der Waals surface area contributed by atoms with E-state index in [1.165, 1.54) is 57.1 Å². The third kappa shape index (κ3) is 12.3. The number of hydrogen-bond acceptors (Lipinski definition) is 0. The second-order valence-electron chi connectivity index (χ2n) is 4.50. The van der Waals surface area contributed by atoms with E-state index in [-0.39, 0.29) is 0 Å². The van der Waals surface area contributed by atoms with Crippen LogP contribution in [0.25, 0.3) is 0 Å². The van der Waals surface area contributed by atoms with Gasteiger partial charge in [-0.25, -0.2) is 0 Å². The molecule has 12 radical (unpaired) electrons. The van der Waals surface area contributed by atoms with Crippen LogP contribution in [0.1, 0.15) is 0 Å². The highest BCUT2D eigenvalue weighted by Crippen LogP contribution is 2.06. The Bertz CT molecular complexity index is 91.6. The molecule has 96 valence electrons. The highest BCUT2D eigenvalue weighted by Gasteiger charge is 1.99. The average Bonchev–Trinajstić information content (AvgIpc) is 2.39. The van der Waals surface area contributed by atoms with E-state index in [1.807, 2.05) is 0 Å². The summed E-state index contributed by atoms with van der Waals surface area (Å²) < 4.78 is 0. The zero-order valence-corrected chi connectivity index (χ0v) is 17.5. The van der Waals surface area contributed by atoms with Crippen molar-refractivity contribution in [1.29, 1.82) is 0 Å². The van der Waals surface area contributed by atoms with Gasteiger partial charge in [0.1, 0.15) is 0 Å². The van der Waals surface area contributed by atoms with E-state index in [0.717, 1.165) is 0 Å². The van der Waals surface area contributed by atoms with Gasteiger partial charge >= 0.3 is 0 Å². The minimum absolute atomic E-state index is 1.29. The van der Waals surface area contributed by atoms with Crippen LogP contribution in [0.2, 0.25) is 72.5 Å². The van der Waals surface area contributed by atoms with E-state index in [9.17, 15) is 0 Å². The maximum Gasteiger partial charge on any atom is 0.0371 e. The van der Waals surface area contributed by atoms with E-state index in [2.05, 4.69) is 0 Å². The molecular formula is C12H24Si6. The van der Waals surface area contributed by atoms with Crippen molar-refractivity contribution < 1.29 is 0 Å². The van der Waals surface area contributed by atoms with E-state index >= 15 is 0 Å². The summed E-state index contributed by atoms with van der Waals surface area (Å²) in [5.74, 6) is 0. The standard InChI is InChI=1S/C12H24Si6/c1-2-14-5-6-16-9-10-18-12-11-17-8-7-15-4-3-13-1/h1-12H2. The van der Waals surface area contributed by atoms with Crippen molar-refractivity contribution in [2.45, 2.75) is 72.5 Å². The fraction of sp³-hybridized carbons (Fsp3) is 1.00. The maximum atomic E-state index is 1.55. The van der Waals surface area contributed by atoms with Gasteiger partial charge in [0.05, 0.1) is 0 Å². The van der Waals surface area contributed by atoms with Gasteiger partial charge in [-0.3, -0.25) is 0 Å². The highest BCUT2D eigenvalue weighted by molar-refractivity contribution is 6.49.